The van der Waals surface area contributed by atoms with Crippen LogP contribution in [0.2, 0.25) is 0 Å². The third kappa shape index (κ3) is 5.78. The van der Waals surface area contributed by atoms with E-state index in [9.17, 15) is 9.59 Å². The standard InChI is InChI=1S/C17H31NO4/c1-17(2,3)18-12-13(10-14(20)7-9-22-4)11-15(18)16(21)6-5-8-19/h13,15,19H,5-12H2,1-4H3/t13-,15?/m1/s1. The van der Waals surface area contributed by atoms with Crippen LogP contribution in [0, 0.1) is 5.92 Å². The van der Waals surface area contributed by atoms with Crippen molar-refractivity contribution >= 4 is 11.6 Å². The monoisotopic (exact) mass is 313 g/mol. The Morgan fingerprint density at radius 3 is 2.50 bits per heavy atom. The number of ketones is 2. The predicted molar refractivity (Wildman–Crippen MR) is 85.8 cm³/mol. The molecule has 0 aromatic carbocycles. The number of likely N-dealkylation sites (tertiary alicyclic amines) is 1. The van der Waals surface area contributed by atoms with E-state index in [2.05, 4.69) is 25.7 Å². The van der Waals surface area contributed by atoms with Crippen LogP contribution in [0.4, 0.5) is 0 Å². The van der Waals surface area contributed by atoms with Gasteiger partial charge in [0.25, 0.3) is 0 Å². The quantitative estimate of drug-likeness (QED) is 0.703. The van der Waals surface area contributed by atoms with E-state index >= 15 is 0 Å². The molecule has 2 atom stereocenters. The zero-order valence-electron chi connectivity index (χ0n) is 14.4. The highest BCUT2D eigenvalue weighted by Gasteiger charge is 2.41. The highest BCUT2D eigenvalue weighted by atomic mass is 16.5. The van der Waals surface area contributed by atoms with E-state index in [1.807, 2.05) is 0 Å². The van der Waals surface area contributed by atoms with Gasteiger partial charge in [-0.25, -0.2) is 0 Å². The number of ether oxygens (including phenoxy) is 1. The molecule has 1 N–H and O–H groups in total. The summed E-state index contributed by atoms with van der Waals surface area (Å²) >= 11 is 0. The van der Waals surface area contributed by atoms with Gasteiger partial charge >= 0.3 is 0 Å². The summed E-state index contributed by atoms with van der Waals surface area (Å²) in [6, 6.07) is -0.119. The number of carbonyl (C=O) groups is 2. The van der Waals surface area contributed by atoms with E-state index in [1.54, 1.807) is 7.11 Å². The molecular weight excluding hydrogens is 282 g/mol. The van der Waals surface area contributed by atoms with Gasteiger partial charge < -0.3 is 9.84 Å². The Morgan fingerprint density at radius 1 is 1.27 bits per heavy atom. The Labute approximate surface area is 134 Å². The maximum atomic E-state index is 12.4. The molecule has 5 heteroatoms. The average Bonchev–Trinajstić information content (AvgIpc) is 2.86. The Kier molecular flexibility index (Phi) is 7.66. The van der Waals surface area contributed by atoms with E-state index in [4.69, 9.17) is 9.84 Å². The largest absolute Gasteiger partial charge is 0.396 e. The molecule has 1 saturated heterocycles. The normalized spacial score (nSPS) is 23.0. The minimum Gasteiger partial charge on any atom is -0.396 e. The molecule has 0 saturated carbocycles. The van der Waals surface area contributed by atoms with Gasteiger partial charge in [0.15, 0.2) is 0 Å². The topological polar surface area (TPSA) is 66.8 Å². The van der Waals surface area contributed by atoms with Gasteiger partial charge in [0.05, 0.1) is 12.6 Å². The molecule has 1 heterocycles. The molecule has 1 aliphatic heterocycles. The molecule has 128 valence electrons. The Balaban J connectivity index is 2.66. The van der Waals surface area contributed by atoms with Gasteiger partial charge in [0, 0.05) is 45.1 Å². The molecule has 1 rings (SSSR count). The van der Waals surface area contributed by atoms with Crippen LogP contribution in [-0.2, 0) is 14.3 Å². The lowest BCUT2D eigenvalue weighted by Gasteiger charge is -2.36. The van der Waals surface area contributed by atoms with E-state index < -0.39 is 0 Å². The maximum absolute atomic E-state index is 12.4. The molecule has 5 nitrogen and oxygen atoms in total. The van der Waals surface area contributed by atoms with Crippen molar-refractivity contribution in [3.63, 3.8) is 0 Å². The van der Waals surface area contributed by atoms with Crippen molar-refractivity contribution in [3.05, 3.63) is 0 Å². The summed E-state index contributed by atoms with van der Waals surface area (Å²) in [6.07, 6.45) is 2.66. The van der Waals surface area contributed by atoms with Crippen molar-refractivity contribution in [1.82, 2.24) is 4.90 Å². The number of Topliss-reactive ketones (excluding diaryl/α,β-unsaturated/α-hetero) is 2. The highest BCUT2D eigenvalue weighted by molar-refractivity contribution is 5.85. The van der Waals surface area contributed by atoms with Crippen molar-refractivity contribution in [3.8, 4) is 0 Å². The fraction of sp³-hybridized carbons (Fsp3) is 0.882. The number of rotatable bonds is 9. The second-order valence-electron chi connectivity index (χ2n) is 7.22. The molecular formula is C17H31NO4. The summed E-state index contributed by atoms with van der Waals surface area (Å²) < 4.78 is 4.95. The van der Waals surface area contributed by atoms with Gasteiger partial charge in [-0.3, -0.25) is 14.5 Å². The summed E-state index contributed by atoms with van der Waals surface area (Å²) in [5.41, 5.74) is -0.0934. The number of methoxy groups -OCH3 is 1. The fourth-order valence-corrected chi connectivity index (χ4v) is 3.18. The second-order valence-corrected chi connectivity index (χ2v) is 7.22. The van der Waals surface area contributed by atoms with E-state index in [-0.39, 0.29) is 35.7 Å². The number of nitrogens with zero attached hydrogens (tertiary/aromatic N) is 1. The van der Waals surface area contributed by atoms with Crippen LogP contribution >= 0.6 is 0 Å². The Hall–Kier alpha value is -0.780. The second kappa shape index (κ2) is 8.75. The molecule has 0 radical (unpaired) electrons. The molecule has 1 fully saturated rings. The number of aliphatic hydroxyl groups is 1. The summed E-state index contributed by atoms with van der Waals surface area (Å²) in [6.45, 7) is 7.62. The zero-order valence-corrected chi connectivity index (χ0v) is 14.4. The maximum Gasteiger partial charge on any atom is 0.150 e. The average molecular weight is 313 g/mol. The van der Waals surface area contributed by atoms with Gasteiger partial charge in [-0.1, -0.05) is 0 Å². The van der Waals surface area contributed by atoms with Crippen molar-refractivity contribution < 1.29 is 19.4 Å². The van der Waals surface area contributed by atoms with Crippen LogP contribution in [0.1, 0.15) is 52.9 Å². The lowest BCUT2D eigenvalue weighted by molar-refractivity contribution is -0.125. The van der Waals surface area contributed by atoms with Crippen molar-refractivity contribution in [2.75, 3.05) is 26.9 Å². The molecule has 0 bridgehead atoms. The van der Waals surface area contributed by atoms with Gasteiger partial charge in [-0.15, -0.1) is 0 Å². The van der Waals surface area contributed by atoms with Gasteiger partial charge in [-0.05, 0) is 39.5 Å². The minimum absolute atomic E-state index is 0.0485. The van der Waals surface area contributed by atoms with Gasteiger partial charge in [-0.2, -0.15) is 0 Å². The first-order valence-corrected chi connectivity index (χ1v) is 8.20. The van der Waals surface area contributed by atoms with Gasteiger partial charge in [0.2, 0.25) is 0 Å². The van der Waals surface area contributed by atoms with Crippen molar-refractivity contribution in [2.24, 2.45) is 5.92 Å². The summed E-state index contributed by atoms with van der Waals surface area (Å²) in [5, 5.41) is 8.91. The van der Waals surface area contributed by atoms with E-state index in [1.165, 1.54) is 0 Å². The highest BCUT2D eigenvalue weighted by Crippen LogP contribution is 2.33. The summed E-state index contributed by atoms with van der Waals surface area (Å²) in [4.78, 5) is 26.6. The smallest absolute Gasteiger partial charge is 0.150 e. The van der Waals surface area contributed by atoms with Crippen LogP contribution in [0.3, 0.4) is 0 Å². The molecule has 0 amide bonds. The van der Waals surface area contributed by atoms with E-state index in [0.29, 0.717) is 32.3 Å². The first-order chi connectivity index (χ1) is 10.3. The SMILES string of the molecule is COCCC(=O)C[C@@H]1CC(C(=O)CCCO)N(C(C)(C)C)C1. The lowest BCUT2D eigenvalue weighted by Crippen LogP contribution is -2.47. The molecule has 1 aliphatic rings. The molecule has 22 heavy (non-hydrogen) atoms. The zero-order chi connectivity index (χ0) is 16.8. The lowest BCUT2D eigenvalue weighted by atomic mass is 9.95. The van der Waals surface area contributed by atoms with Crippen LogP contribution < -0.4 is 0 Å². The minimum atomic E-state index is -0.119. The molecule has 1 unspecified atom stereocenters. The predicted octanol–water partition coefficient (Wildman–Crippen LogP) is 1.81. The summed E-state index contributed by atoms with van der Waals surface area (Å²) in [5.74, 6) is 0.645. The number of hydrogen-bond acceptors (Lipinski definition) is 5. The Bertz CT molecular complexity index is 375. The number of carbonyl (C=O) groups excluding carboxylic acids is 2. The first-order valence-electron chi connectivity index (χ1n) is 8.20. The summed E-state index contributed by atoms with van der Waals surface area (Å²) in [7, 11) is 1.60. The van der Waals surface area contributed by atoms with E-state index in [0.717, 1.165) is 13.0 Å². The van der Waals surface area contributed by atoms with Crippen molar-refractivity contribution in [1.29, 1.82) is 0 Å². The number of hydrogen-bond donors (Lipinski definition) is 1. The van der Waals surface area contributed by atoms with Crippen LogP contribution in [0.25, 0.3) is 0 Å². The third-order valence-electron chi connectivity index (χ3n) is 4.30. The molecule has 0 aromatic rings. The fourth-order valence-electron chi connectivity index (χ4n) is 3.18. The molecule has 0 aliphatic carbocycles. The Morgan fingerprint density at radius 2 is 1.95 bits per heavy atom. The van der Waals surface area contributed by atoms with Gasteiger partial charge in [0.1, 0.15) is 11.6 Å². The van der Waals surface area contributed by atoms with Crippen LogP contribution in [0.5, 0.6) is 0 Å². The number of aliphatic hydroxyl groups excluding tert-OH is 1. The first kappa shape index (κ1) is 19.3. The molecule has 0 spiro atoms. The van der Waals surface area contributed by atoms with Crippen molar-refractivity contribution in [2.45, 2.75) is 64.5 Å². The van der Waals surface area contributed by atoms with Crippen LogP contribution in [-0.4, -0.2) is 60.0 Å². The molecule has 0 aromatic heterocycles. The third-order valence-corrected chi connectivity index (χ3v) is 4.30. The van der Waals surface area contributed by atoms with Crippen LogP contribution in [0.15, 0.2) is 0 Å².